The molecule has 1 N–H and O–H groups in total. The van der Waals surface area contributed by atoms with Crippen LogP contribution in [0.25, 0.3) is 0 Å². The number of methoxy groups -OCH3 is 1. The summed E-state index contributed by atoms with van der Waals surface area (Å²) in [4.78, 5) is 0. The number of ether oxygens (including phenoxy) is 2. The first-order valence-corrected chi connectivity index (χ1v) is 6.58. The van der Waals surface area contributed by atoms with Crippen LogP contribution in [0.1, 0.15) is 42.1 Å². The third-order valence-electron chi connectivity index (χ3n) is 3.67. The SMILES string of the molecule is COc1cc(C)c(C(O)C2CCCCO2)cc1C. The molecule has 1 heterocycles. The van der Waals surface area contributed by atoms with Gasteiger partial charge in [-0.25, -0.2) is 0 Å². The lowest BCUT2D eigenvalue weighted by Gasteiger charge is -2.28. The summed E-state index contributed by atoms with van der Waals surface area (Å²) in [7, 11) is 1.67. The average molecular weight is 250 g/mol. The van der Waals surface area contributed by atoms with Crippen LogP contribution in [0.5, 0.6) is 5.75 Å². The first kappa shape index (κ1) is 13.4. The lowest BCUT2D eigenvalue weighted by Crippen LogP contribution is -2.26. The lowest BCUT2D eigenvalue weighted by molar-refractivity contribution is -0.0635. The second-order valence-corrected chi connectivity index (χ2v) is 5.03. The van der Waals surface area contributed by atoms with Crippen molar-refractivity contribution in [2.24, 2.45) is 0 Å². The summed E-state index contributed by atoms with van der Waals surface area (Å²) in [6.07, 6.45) is 2.57. The van der Waals surface area contributed by atoms with Crippen LogP contribution in [0.4, 0.5) is 0 Å². The van der Waals surface area contributed by atoms with Crippen molar-refractivity contribution in [3.05, 3.63) is 28.8 Å². The minimum absolute atomic E-state index is 0.0646. The number of aryl methyl sites for hydroxylation is 2. The highest BCUT2D eigenvalue weighted by Gasteiger charge is 2.25. The van der Waals surface area contributed by atoms with E-state index in [9.17, 15) is 5.11 Å². The zero-order valence-electron chi connectivity index (χ0n) is 11.4. The van der Waals surface area contributed by atoms with E-state index in [0.29, 0.717) is 0 Å². The van der Waals surface area contributed by atoms with Gasteiger partial charge in [0.15, 0.2) is 0 Å². The molecule has 0 spiro atoms. The Balaban J connectivity index is 2.23. The molecule has 2 atom stereocenters. The molecular weight excluding hydrogens is 228 g/mol. The molecule has 3 nitrogen and oxygen atoms in total. The van der Waals surface area contributed by atoms with E-state index < -0.39 is 6.10 Å². The van der Waals surface area contributed by atoms with Crippen molar-refractivity contribution in [2.45, 2.75) is 45.3 Å². The van der Waals surface area contributed by atoms with Gasteiger partial charge in [0, 0.05) is 6.61 Å². The number of benzene rings is 1. The van der Waals surface area contributed by atoms with E-state index in [1.807, 2.05) is 26.0 Å². The Morgan fingerprint density at radius 2 is 2.06 bits per heavy atom. The maximum atomic E-state index is 10.4. The van der Waals surface area contributed by atoms with E-state index in [-0.39, 0.29) is 6.10 Å². The van der Waals surface area contributed by atoms with Gasteiger partial charge in [0.05, 0.1) is 13.2 Å². The van der Waals surface area contributed by atoms with E-state index in [0.717, 1.165) is 48.3 Å². The fourth-order valence-electron chi connectivity index (χ4n) is 2.57. The number of hydrogen-bond acceptors (Lipinski definition) is 3. The second kappa shape index (κ2) is 5.72. The summed E-state index contributed by atoms with van der Waals surface area (Å²) in [5, 5.41) is 10.4. The van der Waals surface area contributed by atoms with Crippen LogP contribution in [0.2, 0.25) is 0 Å². The van der Waals surface area contributed by atoms with E-state index >= 15 is 0 Å². The van der Waals surface area contributed by atoms with Gasteiger partial charge in [0.1, 0.15) is 11.9 Å². The zero-order valence-corrected chi connectivity index (χ0v) is 11.4. The van der Waals surface area contributed by atoms with Gasteiger partial charge in [-0.2, -0.15) is 0 Å². The number of aliphatic hydroxyl groups excluding tert-OH is 1. The van der Waals surface area contributed by atoms with Crippen molar-refractivity contribution in [3.63, 3.8) is 0 Å². The molecule has 1 fully saturated rings. The summed E-state index contributed by atoms with van der Waals surface area (Å²) in [5.41, 5.74) is 3.06. The first-order valence-electron chi connectivity index (χ1n) is 6.58. The van der Waals surface area contributed by atoms with Crippen LogP contribution < -0.4 is 4.74 Å². The van der Waals surface area contributed by atoms with Crippen molar-refractivity contribution in [2.75, 3.05) is 13.7 Å². The van der Waals surface area contributed by atoms with Gasteiger partial charge in [-0.15, -0.1) is 0 Å². The summed E-state index contributed by atoms with van der Waals surface area (Å²) in [6.45, 7) is 4.76. The van der Waals surface area contributed by atoms with Gasteiger partial charge in [0.2, 0.25) is 0 Å². The molecular formula is C15H22O3. The van der Waals surface area contributed by atoms with Crippen LogP contribution in [0, 0.1) is 13.8 Å². The van der Waals surface area contributed by atoms with Crippen molar-refractivity contribution in [3.8, 4) is 5.75 Å². The highest BCUT2D eigenvalue weighted by atomic mass is 16.5. The lowest BCUT2D eigenvalue weighted by atomic mass is 9.93. The van der Waals surface area contributed by atoms with E-state index in [1.165, 1.54) is 0 Å². The molecule has 0 radical (unpaired) electrons. The molecule has 0 bridgehead atoms. The van der Waals surface area contributed by atoms with Crippen LogP contribution in [-0.4, -0.2) is 24.9 Å². The molecule has 0 saturated carbocycles. The van der Waals surface area contributed by atoms with Crippen LogP contribution >= 0.6 is 0 Å². The molecule has 2 unspecified atom stereocenters. The van der Waals surface area contributed by atoms with Gasteiger partial charge in [-0.05, 0) is 61.9 Å². The van der Waals surface area contributed by atoms with Crippen LogP contribution in [0.15, 0.2) is 12.1 Å². The predicted molar refractivity (Wildman–Crippen MR) is 71.0 cm³/mol. The molecule has 1 aromatic rings. The van der Waals surface area contributed by atoms with Crippen molar-refractivity contribution in [1.82, 2.24) is 0 Å². The van der Waals surface area contributed by atoms with E-state index in [2.05, 4.69) is 0 Å². The van der Waals surface area contributed by atoms with Gasteiger partial charge in [0.25, 0.3) is 0 Å². The Kier molecular flexibility index (Phi) is 4.25. The molecule has 3 heteroatoms. The Hall–Kier alpha value is -1.06. The number of aliphatic hydroxyl groups is 1. The Bertz CT molecular complexity index is 408. The highest BCUT2D eigenvalue weighted by molar-refractivity contribution is 5.42. The van der Waals surface area contributed by atoms with Crippen LogP contribution in [-0.2, 0) is 4.74 Å². The molecule has 1 saturated heterocycles. The average Bonchev–Trinajstić information content (AvgIpc) is 2.41. The molecule has 1 aliphatic rings. The number of hydrogen-bond donors (Lipinski definition) is 1. The van der Waals surface area contributed by atoms with Gasteiger partial charge in [-0.3, -0.25) is 0 Å². The van der Waals surface area contributed by atoms with Crippen molar-refractivity contribution < 1.29 is 14.6 Å². The molecule has 0 amide bonds. The Labute approximate surface area is 109 Å². The molecule has 1 aliphatic heterocycles. The fourth-order valence-corrected chi connectivity index (χ4v) is 2.57. The first-order chi connectivity index (χ1) is 8.63. The van der Waals surface area contributed by atoms with E-state index in [4.69, 9.17) is 9.47 Å². The van der Waals surface area contributed by atoms with Gasteiger partial charge < -0.3 is 14.6 Å². The third kappa shape index (κ3) is 2.68. The van der Waals surface area contributed by atoms with Crippen molar-refractivity contribution >= 4 is 0 Å². The summed E-state index contributed by atoms with van der Waals surface area (Å²) in [5.74, 6) is 0.869. The largest absolute Gasteiger partial charge is 0.496 e. The molecule has 2 rings (SSSR count). The Morgan fingerprint density at radius 3 is 2.67 bits per heavy atom. The van der Waals surface area contributed by atoms with Crippen LogP contribution in [0.3, 0.4) is 0 Å². The zero-order chi connectivity index (χ0) is 13.1. The topological polar surface area (TPSA) is 38.7 Å². The molecule has 1 aromatic carbocycles. The van der Waals surface area contributed by atoms with Gasteiger partial charge in [-0.1, -0.05) is 0 Å². The normalized spacial score (nSPS) is 21.7. The molecule has 0 aliphatic carbocycles. The van der Waals surface area contributed by atoms with E-state index in [1.54, 1.807) is 7.11 Å². The quantitative estimate of drug-likeness (QED) is 0.896. The molecule has 18 heavy (non-hydrogen) atoms. The molecule has 100 valence electrons. The minimum Gasteiger partial charge on any atom is -0.496 e. The summed E-state index contributed by atoms with van der Waals surface area (Å²) < 4.78 is 11.0. The predicted octanol–water partition coefficient (Wildman–Crippen LogP) is 2.91. The molecule has 0 aromatic heterocycles. The highest BCUT2D eigenvalue weighted by Crippen LogP contribution is 2.31. The number of rotatable bonds is 3. The monoisotopic (exact) mass is 250 g/mol. The second-order valence-electron chi connectivity index (χ2n) is 5.03. The van der Waals surface area contributed by atoms with Crippen molar-refractivity contribution in [1.29, 1.82) is 0 Å². The summed E-state index contributed by atoms with van der Waals surface area (Å²) >= 11 is 0. The smallest absolute Gasteiger partial charge is 0.122 e. The standard InChI is InChI=1S/C15H22O3/c1-10-9-14(17-3)11(2)8-12(10)15(16)13-6-4-5-7-18-13/h8-9,13,15-16H,4-7H2,1-3H3. The maximum Gasteiger partial charge on any atom is 0.122 e. The Morgan fingerprint density at radius 1 is 1.28 bits per heavy atom. The fraction of sp³-hybridized carbons (Fsp3) is 0.600. The minimum atomic E-state index is -0.532. The third-order valence-corrected chi connectivity index (χ3v) is 3.67. The maximum absolute atomic E-state index is 10.4. The van der Waals surface area contributed by atoms with Gasteiger partial charge >= 0.3 is 0 Å². The summed E-state index contributed by atoms with van der Waals surface area (Å²) in [6, 6.07) is 3.99.